The van der Waals surface area contributed by atoms with E-state index in [0.29, 0.717) is 0 Å². The summed E-state index contributed by atoms with van der Waals surface area (Å²) >= 11 is 0. The summed E-state index contributed by atoms with van der Waals surface area (Å²) in [5.41, 5.74) is 1.55. The van der Waals surface area contributed by atoms with Gasteiger partial charge in [0.15, 0.2) is 0 Å². The van der Waals surface area contributed by atoms with Gasteiger partial charge in [0.05, 0.1) is 0 Å². The molecule has 0 aliphatic rings. The summed E-state index contributed by atoms with van der Waals surface area (Å²) in [5, 5.41) is 8.25. The van der Waals surface area contributed by atoms with Gasteiger partial charge in [0.1, 0.15) is 52.6 Å². The number of benzene rings is 2. The Kier molecular flexibility index (Phi) is 16.0. The van der Waals surface area contributed by atoms with Crippen LogP contribution in [-0.4, -0.2) is 55.2 Å². The zero-order chi connectivity index (χ0) is 21.5. The van der Waals surface area contributed by atoms with Gasteiger partial charge in [-0.05, 0) is 0 Å². The molecule has 0 aliphatic carbocycles. The standard InChI is InChI=1S/2C9H14NO3.CH3O.H2O/c2*1-11-10(12-2,13-3)9-7-5-4-6-8-9;1-2;/h2*4-8H,1-3H3;1H3;1H2/q2*+1;-1;/p-1. The Bertz CT molecular complexity index is 536. The van der Waals surface area contributed by atoms with Crippen LogP contribution in [0.25, 0.3) is 0 Å². The number of nitrogens with zero attached hydrogens (tertiary/aromatic N) is 2. The minimum Gasteiger partial charge on any atom is -0.870 e. The van der Waals surface area contributed by atoms with Gasteiger partial charge in [-0.25, -0.2) is 0 Å². The highest BCUT2D eigenvalue weighted by atomic mass is 17.2. The predicted molar refractivity (Wildman–Crippen MR) is 106 cm³/mol. The zero-order valence-electron chi connectivity index (χ0n) is 18.0. The third-order valence-corrected chi connectivity index (χ3v) is 3.59. The summed E-state index contributed by atoms with van der Waals surface area (Å²) in [6, 6.07) is 18.8. The molecular weight excluding hydrogens is 384 g/mol. The minimum atomic E-state index is -0.402. The van der Waals surface area contributed by atoms with Crippen molar-refractivity contribution < 1.29 is 39.6 Å². The van der Waals surface area contributed by atoms with Crippen molar-refractivity contribution in [2.45, 2.75) is 0 Å². The minimum absolute atomic E-state index is 0. The summed E-state index contributed by atoms with van der Waals surface area (Å²) in [6.07, 6.45) is 0. The monoisotopic (exact) mass is 416 g/mol. The molecule has 0 radical (unpaired) electrons. The van der Waals surface area contributed by atoms with Crippen molar-refractivity contribution in [3.05, 3.63) is 60.7 Å². The Labute approximate surface area is 172 Å². The van der Waals surface area contributed by atoms with Crippen LogP contribution in [0, 0.1) is 0 Å². The summed E-state index contributed by atoms with van der Waals surface area (Å²) in [6.45, 7) is 0. The van der Waals surface area contributed by atoms with Gasteiger partial charge >= 0.3 is 0 Å². The second-order valence-electron chi connectivity index (χ2n) is 4.76. The van der Waals surface area contributed by atoms with Crippen molar-refractivity contribution in [2.24, 2.45) is 0 Å². The fourth-order valence-corrected chi connectivity index (χ4v) is 2.30. The molecule has 0 spiro atoms. The quantitative estimate of drug-likeness (QED) is 0.476. The molecule has 2 rings (SSSR count). The van der Waals surface area contributed by atoms with Crippen LogP contribution in [0.1, 0.15) is 0 Å². The maximum Gasteiger partial charge on any atom is 0.237 e. The molecular formula is C19H32N2O8. The molecule has 0 saturated heterocycles. The van der Waals surface area contributed by atoms with Gasteiger partial charge in [-0.2, -0.15) is 7.11 Å². The summed E-state index contributed by atoms with van der Waals surface area (Å²) in [5.74, 6) is 0. The van der Waals surface area contributed by atoms with E-state index in [0.717, 1.165) is 18.5 Å². The molecule has 0 amide bonds. The topological polar surface area (TPSA) is 108 Å². The average Bonchev–Trinajstić information content (AvgIpc) is 2.80. The maximum absolute atomic E-state index is 8.25. The first-order valence-electron chi connectivity index (χ1n) is 8.22. The van der Waals surface area contributed by atoms with Crippen LogP contribution in [0.3, 0.4) is 0 Å². The fourth-order valence-electron chi connectivity index (χ4n) is 2.30. The third kappa shape index (κ3) is 7.76. The van der Waals surface area contributed by atoms with Crippen molar-refractivity contribution in [1.82, 2.24) is 9.95 Å². The van der Waals surface area contributed by atoms with Crippen molar-refractivity contribution in [3.8, 4) is 0 Å². The molecule has 10 heteroatoms. The van der Waals surface area contributed by atoms with E-state index >= 15 is 0 Å². The lowest BCUT2D eigenvalue weighted by atomic mass is 10.3. The van der Waals surface area contributed by atoms with Crippen LogP contribution in [0.5, 0.6) is 0 Å². The lowest BCUT2D eigenvalue weighted by Gasteiger charge is -2.23. The lowest BCUT2D eigenvalue weighted by molar-refractivity contribution is -0.484. The first-order chi connectivity index (χ1) is 13.6. The Hall–Kier alpha value is -1.96. The average molecular weight is 416 g/mol. The van der Waals surface area contributed by atoms with E-state index in [2.05, 4.69) is 0 Å². The fraction of sp³-hybridized carbons (Fsp3) is 0.368. The highest BCUT2D eigenvalue weighted by Crippen LogP contribution is 2.23. The van der Waals surface area contributed by atoms with Crippen LogP contribution in [0.2, 0.25) is 0 Å². The van der Waals surface area contributed by atoms with Gasteiger partial charge in [0.2, 0.25) is 11.4 Å². The van der Waals surface area contributed by atoms with E-state index in [4.69, 9.17) is 34.1 Å². The van der Waals surface area contributed by atoms with Crippen molar-refractivity contribution >= 4 is 11.4 Å². The second kappa shape index (κ2) is 15.9. The molecule has 166 valence electrons. The SMILES string of the molecule is CO[N+](OC)(OC)c1ccccc1.CO[N+](OC)(OC)c1ccccc1.C[O-].[OH-]. The highest BCUT2D eigenvalue weighted by Gasteiger charge is 2.34. The number of rotatable bonds is 8. The molecule has 0 unspecified atom stereocenters. The van der Waals surface area contributed by atoms with E-state index in [9.17, 15) is 0 Å². The van der Waals surface area contributed by atoms with Gasteiger partial charge in [-0.1, -0.05) is 36.4 Å². The van der Waals surface area contributed by atoms with Crippen molar-refractivity contribution in [2.75, 3.05) is 49.8 Å². The molecule has 0 aliphatic heterocycles. The van der Waals surface area contributed by atoms with Gasteiger partial charge in [-0.15, -0.1) is 29.0 Å². The van der Waals surface area contributed by atoms with E-state index in [-0.39, 0.29) is 5.48 Å². The Morgan fingerprint density at radius 1 is 0.483 bits per heavy atom. The van der Waals surface area contributed by atoms with Crippen LogP contribution >= 0.6 is 0 Å². The number of hydrogen-bond acceptors (Lipinski definition) is 8. The largest absolute Gasteiger partial charge is 0.870 e. The molecule has 0 atom stereocenters. The normalized spacial score (nSPS) is 10.6. The van der Waals surface area contributed by atoms with Crippen molar-refractivity contribution in [3.63, 3.8) is 0 Å². The van der Waals surface area contributed by atoms with Crippen molar-refractivity contribution in [1.29, 1.82) is 0 Å². The highest BCUT2D eigenvalue weighted by molar-refractivity contribution is 5.37. The Morgan fingerprint density at radius 3 is 0.862 bits per heavy atom. The molecule has 0 bridgehead atoms. The van der Waals surface area contributed by atoms with E-state index in [1.165, 1.54) is 42.7 Å². The Morgan fingerprint density at radius 2 is 0.690 bits per heavy atom. The predicted octanol–water partition coefficient (Wildman–Crippen LogP) is 2.16. The zero-order valence-corrected chi connectivity index (χ0v) is 18.0. The van der Waals surface area contributed by atoms with Gasteiger partial charge in [-0.3, -0.25) is 0 Å². The molecule has 10 nitrogen and oxygen atoms in total. The summed E-state index contributed by atoms with van der Waals surface area (Å²) in [7, 11) is 9.83. The molecule has 2 aromatic carbocycles. The van der Waals surface area contributed by atoms with Gasteiger partial charge < -0.3 is 10.6 Å². The molecule has 0 heterocycles. The second-order valence-corrected chi connectivity index (χ2v) is 4.76. The molecule has 0 aromatic heterocycles. The third-order valence-electron chi connectivity index (χ3n) is 3.59. The van der Waals surface area contributed by atoms with Crippen LogP contribution < -0.4 is 15.1 Å². The molecule has 29 heavy (non-hydrogen) atoms. The molecule has 0 fully saturated rings. The first-order valence-corrected chi connectivity index (χ1v) is 8.22. The molecule has 2 aromatic rings. The van der Waals surface area contributed by atoms with Crippen LogP contribution in [0.4, 0.5) is 11.4 Å². The lowest BCUT2D eigenvalue weighted by Crippen LogP contribution is -2.45. The first kappa shape index (κ1) is 29.2. The number of hydrogen-bond donors (Lipinski definition) is 0. The molecule has 0 saturated carbocycles. The summed E-state index contributed by atoms with van der Waals surface area (Å²) < 4.78 is 0. The van der Waals surface area contributed by atoms with E-state index in [1.807, 2.05) is 60.7 Å². The Balaban J connectivity index is 0. The van der Waals surface area contributed by atoms with Gasteiger partial charge in [0, 0.05) is 24.3 Å². The summed E-state index contributed by atoms with van der Waals surface area (Å²) in [4.78, 5) is 29.9. The van der Waals surface area contributed by atoms with Gasteiger partial charge in [0.25, 0.3) is 0 Å². The van der Waals surface area contributed by atoms with E-state index in [1.54, 1.807) is 0 Å². The van der Waals surface area contributed by atoms with Crippen LogP contribution in [0.15, 0.2) is 60.7 Å². The number of quaternary nitrogens is 2. The van der Waals surface area contributed by atoms with E-state index < -0.39 is 9.95 Å². The smallest absolute Gasteiger partial charge is 0.237 e. The van der Waals surface area contributed by atoms with Crippen LogP contribution in [-0.2, 0) is 29.0 Å². The molecule has 1 N–H and O–H groups in total. The maximum atomic E-state index is 8.25.